The number of aromatic nitrogens is 4. The highest BCUT2D eigenvalue weighted by molar-refractivity contribution is 6.76. The number of nitrogens with zero attached hydrogens (tertiary/aromatic N) is 3. The van der Waals surface area contributed by atoms with Crippen molar-refractivity contribution in [2.45, 2.75) is 50.9 Å². The molecule has 0 radical (unpaired) electrons. The molecule has 2 heterocycles. The first-order valence-corrected chi connectivity index (χ1v) is 13.6. The molecule has 3 aromatic rings. The van der Waals surface area contributed by atoms with Crippen molar-refractivity contribution in [1.82, 2.24) is 19.9 Å². The minimum Gasteiger partial charge on any atom is -0.340 e. The second-order valence-electron chi connectivity index (χ2n) is 8.51. The van der Waals surface area contributed by atoms with Gasteiger partial charge in [0.05, 0.1) is 6.33 Å². The van der Waals surface area contributed by atoms with E-state index in [0.717, 1.165) is 25.2 Å². The van der Waals surface area contributed by atoms with Crippen LogP contribution in [0.25, 0.3) is 11.2 Å². The quantitative estimate of drug-likeness (QED) is 0.403. The van der Waals surface area contributed by atoms with Gasteiger partial charge >= 0.3 is 0 Å². The minimum absolute atomic E-state index is 0.0670. The Hall–Kier alpha value is -2.87. The summed E-state index contributed by atoms with van der Waals surface area (Å²) in [6, 6.07) is 8.98. The number of carbonyl (C=O) groups is 2. The zero-order valence-electron chi connectivity index (χ0n) is 17.1. The summed E-state index contributed by atoms with van der Waals surface area (Å²) in [4.78, 5) is 38.6. The summed E-state index contributed by atoms with van der Waals surface area (Å²) in [5.41, 5.74) is 3.10. The van der Waals surface area contributed by atoms with Crippen molar-refractivity contribution >= 4 is 37.2 Å². The number of hydrogen-bond donors (Lipinski definition) is 2. The summed E-state index contributed by atoms with van der Waals surface area (Å²) in [7, 11) is -1.28. The van der Waals surface area contributed by atoms with E-state index in [4.69, 9.17) is 0 Å². The third kappa shape index (κ3) is 5.80. The molecule has 0 bridgehead atoms. The summed E-state index contributed by atoms with van der Waals surface area (Å²) < 4.78 is 0. The molecule has 0 saturated heterocycles. The Morgan fingerprint density at radius 1 is 1.17 bits per heavy atom. The van der Waals surface area contributed by atoms with E-state index in [0.29, 0.717) is 34.9 Å². The van der Waals surface area contributed by atoms with E-state index in [9.17, 15) is 9.59 Å². The van der Waals surface area contributed by atoms with Crippen LogP contribution in [0.15, 0.2) is 36.9 Å². The van der Waals surface area contributed by atoms with Crippen molar-refractivity contribution in [2.75, 3.05) is 5.32 Å². The van der Waals surface area contributed by atoms with Crippen LogP contribution in [-0.2, 0) is 4.79 Å². The Morgan fingerprint density at radius 2 is 1.93 bits per heavy atom. The molecule has 1 aromatic carbocycles. The van der Waals surface area contributed by atoms with Crippen LogP contribution in [0.3, 0.4) is 0 Å². The highest BCUT2D eigenvalue weighted by atomic mass is 28.3. The van der Waals surface area contributed by atoms with E-state index in [1.807, 2.05) is 24.3 Å². The van der Waals surface area contributed by atoms with Gasteiger partial charge in [0.1, 0.15) is 18.1 Å². The number of hydrogen-bond acceptors (Lipinski definition) is 5. The predicted octanol–water partition coefficient (Wildman–Crippen LogP) is 4.40. The van der Waals surface area contributed by atoms with Gasteiger partial charge in [-0.3, -0.25) is 9.59 Å². The van der Waals surface area contributed by atoms with Gasteiger partial charge in [0.15, 0.2) is 11.5 Å². The van der Waals surface area contributed by atoms with Gasteiger partial charge in [-0.15, -0.1) is 0 Å². The fraction of sp³-hybridized carbons (Fsp3) is 0.381. The largest absolute Gasteiger partial charge is 0.340 e. The van der Waals surface area contributed by atoms with Crippen LogP contribution >= 0.6 is 0 Å². The molecule has 2 aromatic heterocycles. The van der Waals surface area contributed by atoms with Gasteiger partial charge < -0.3 is 10.3 Å². The summed E-state index contributed by atoms with van der Waals surface area (Å²) in [6.07, 6.45) is 5.94. The minimum atomic E-state index is -1.28. The molecule has 2 N–H and O–H groups in total. The predicted molar refractivity (Wildman–Crippen MR) is 117 cm³/mol. The molecular formula is C21H27N5O2Si. The van der Waals surface area contributed by atoms with Crippen LogP contribution in [0.2, 0.25) is 25.7 Å². The highest BCUT2D eigenvalue weighted by Crippen LogP contribution is 2.31. The van der Waals surface area contributed by atoms with E-state index >= 15 is 0 Å². The van der Waals surface area contributed by atoms with E-state index in [1.54, 1.807) is 0 Å². The summed E-state index contributed by atoms with van der Waals surface area (Å²) in [6.45, 7) is 7.08. The van der Waals surface area contributed by atoms with Crippen LogP contribution in [0.1, 0.15) is 41.1 Å². The summed E-state index contributed by atoms with van der Waals surface area (Å²) >= 11 is 0. The molecule has 0 aliphatic rings. The first-order valence-electron chi connectivity index (χ1n) is 9.85. The van der Waals surface area contributed by atoms with Crippen molar-refractivity contribution in [2.24, 2.45) is 0 Å². The Morgan fingerprint density at radius 3 is 2.62 bits per heavy atom. The number of amides is 1. The number of aromatic amines is 1. The van der Waals surface area contributed by atoms with Crippen molar-refractivity contribution < 1.29 is 9.59 Å². The third-order valence-electron chi connectivity index (χ3n) is 4.84. The van der Waals surface area contributed by atoms with Crippen molar-refractivity contribution in [3.8, 4) is 0 Å². The van der Waals surface area contributed by atoms with Crippen LogP contribution in [0, 0.1) is 0 Å². The van der Waals surface area contributed by atoms with Gasteiger partial charge in [-0.05, 0) is 24.3 Å². The molecule has 29 heavy (non-hydrogen) atoms. The van der Waals surface area contributed by atoms with E-state index in [1.165, 1.54) is 18.2 Å². The zero-order chi connectivity index (χ0) is 20.9. The summed E-state index contributed by atoms with van der Waals surface area (Å²) in [5, 5.41) is 2.86. The van der Waals surface area contributed by atoms with Gasteiger partial charge in [-0.25, -0.2) is 15.0 Å². The van der Waals surface area contributed by atoms with Gasteiger partial charge in [0, 0.05) is 20.1 Å². The molecule has 3 rings (SSSR count). The number of H-pyrrole nitrogens is 1. The van der Waals surface area contributed by atoms with Crippen LogP contribution in [0.5, 0.6) is 0 Å². The fourth-order valence-corrected chi connectivity index (χ4v) is 5.45. The molecular weight excluding hydrogens is 382 g/mol. The van der Waals surface area contributed by atoms with Crippen LogP contribution in [-0.4, -0.2) is 40.2 Å². The number of carbonyl (C=O) groups excluding carboxylic acids is 2. The lowest BCUT2D eigenvalue weighted by atomic mass is 9.94. The number of fused-ring (bicyclic) bond motifs is 1. The number of benzene rings is 1. The molecule has 0 aliphatic carbocycles. The van der Waals surface area contributed by atoms with Gasteiger partial charge in [-0.1, -0.05) is 50.0 Å². The Bertz CT molecular complexity index is 979. The molecule has 1 amide bonds. The molecule has 0 saturated carbocycles. The SMILES string of the molecule is C[Si](C)(C)CC(CCCC(=O)Nc1ncnc2nc[nH]c12)c1ccc(C=O)cc1. The average Bonchev–Trinajstić information content (AvgIpc) is 3.16. The van der Waals surface area contributed by atoms with E-state index < -0.39 is 8.07 Å². The smallest absolute Gasteiger partial charge is 0.225 e. The van der Waals surface area contributed by atoms with Gasteiger partial charge in [0.2, 0.25) is 5.91 Å². The Kier molecular flexibility index (Phi) is 6.53. The fourth-order valence-electron chi connectivity index (χ4n) is 3.54. The summed E-state index contributed by atoms with van der Waals surface area (Å²) in [5.74, 6) is 0.789. The number of rotatable bonds is 9. The van der Waals surface area contributed by atoms with Crippen molar-refractivity contribution in [3.05, 3.63) is 48.0 Å². The van der Waals surface area contributed by atoms with Crippen molar-refractivity contribution in [1.29, 1.82) is 0 Å². The average molecular weight is 410 g/mol. The van der Waals surface area contributed by atoms with Gasteiger partial charge in [-0.2, -0.15) is 0 Å². The van der Waals surface area contributed by atoms with Crippen LogP contribution < -0.4 is 5.32 Å². The molecule has 1 unspecified atom stereocenters. The standard InChI is InChI=1S/C21H27N5O2Si/c1-29(2,3)12-17(16-9-7-15(11-27)8-10-16)5-4-6-18(28)26-21-19-20(23-13-22-19)24-14-25-21/h7-11,13-14,17H,4-6,12H2,1-3H3,(H2,22,23,24,25,26,28). The lowest BCUT2D eigenvalue weighted by molar-refractivity contribution is -0.116. The second-order valence-corrected chi connectivity index (χ2v) is 14.0. The number of anilines is 1. The Labute approximate surface area is 171 Å². The second kappa shape index (κ2) is 9.08. The number of nitrogens with one attached hydrogen (secondary N) is 2. The lowest BCUT2D eigenvalue weighted by Crippen LogP contribution is -2.23. The maximum absolute atomic E-state index is 12.4. The lowest BCUT2D eigenvalue weighted by Gasteiger charge is -2.25. The van der Waals surface area contributed by atoms with Crippen molar-refractivity contribution in [3.63, 3.8) is 0 Å². The third-order valence-corrected chi connectivity index (χ3v) is 6.56. The first-order chi connectivity index (χ1) is 13.9. The molecule has 0 fully saturated rings. The molecule has 7 nitrogen and oxygen atoms in total. The maximum Gasteiger partial charge on any atom is 0.225 e. The molecule has 0 spiro atoms. The molecule has 1 atom stereocenters. The number of imidazole rings is 1. The van der Waals surface area contributed by atoms with Gasteiger partial charge in [0.25, 0.3) is 0 Å². The first kappa shape index (κ1) is 20.9. The Balaban J connectivity index is 1.60. The zero-order valence-corrected chi connectivity index (χ0v) is 18.1. The van der Waals surface area contributed by atoms with Crippen LogP contribution in [0.4, 0.5) is 5.82 Å². The normalized spacial score (nSPS) is 12.7. The number of aldehydes is 1. The monoisotopic (exact) mass is 409 g/mol. The molecule has 0 aliphatic heterocycles. The molecule has 8 heteroatoms. The van der Waals surface area contributed by atoms with E-state index in [2.05, 4.69) is 44.9 Å². The van der Waals surface area contributed by atoms with E-state index in [-0.39, 0.29) is 5.91 Å². The molecule has 152 valence electrons. The highest BCUT2D eigenvalue weighted by Gasteiger charge is 2.22. The maximum atomic E-state index is 12.4. The topological polar surface area (TPSA) is 101 Å².